The third-order valence-electron chi connectivity index (χ3n) is 3.25. The number of anilines is 1. The number of hydrogen-bond donors (Lipinski definition) is 2. The smallest absolute Gasteiger partial charge is 0.283 e. The third-order valence-corrected chi connectivity index (χ3v) is 4.02. The molecule has 1 aliphatic carbocycles. The highest BCUT2D eigenvalue weighted by atomic mass is 79.9. The average Bonchev–Trinajstić information content (AvgIpc) is 3.18. The highest BCUT2D eigenvalue weighted by molar-refractivity contribution is 9.10. The lowest BCUT2D eigenvalue weighted by molar-refractivity contribution is 0.531. The van der Waals surface area contributed by atoms with Crippen LogP contribution in [0.15, 0.2) is 15.5 Å². The maximum absolute atomic E-state index is 12.1. The Bertz CT molecular complexity index is 466. The highest BCUT2D eigenvalue weighted by Crippen LogP contribution is 2.30. The van der Waals surface area contributed by atoms with Gasteiger partial charge in [0.15, 0.2) is 0 Å². The van der Waals surface area contributed by atoms with Crippen LogP contribution in [0.3, 0.4) is 0 Å². The minimum atomic E-state index is -0.0706. The first kappa shape index (κ1) is 13.5. The molecular formula is C12H19BrN4O. The summed E-state index contributed by atoms with van der Waals surface area (Å²) in [6.07, 6.45) is 5.02. The molecule has 1 aromatic rings. The van der Waals surface area contributed by atoms with Crippen molar-refractivity contribution in [1.29, 1.82) is 0 Å². The molecule has 0 amide bonds. The zero-order valence-electron chi connectivity index (χ0n) is 10.5. The van der Waals surface area contributed by atoms with Gasteiger partial charge in [0.1, 0.15) is 4.47 Å². The number of hydrogen-bond acceptors (Lipinski definition) is 4. The van der Waals surface area contributed by atoms with E-state index in [0.29, 0.717) is 16.9 Å². The second-order valence-electron chi connectivity index (χ2n) is 4.79. The number of nitrogens with two attached hydrogens (primary N) is 1. The average molecular weight is 315 g/mol. The van der Waals surface area contributed by atoms with Crippen molar-refractivity contribution in [3.05, 3.63) is 21.0 Å². The Morgan fingerprint density at radius 3 is 2.94 bits per heavy atom. The first-order chi connectivity index (χ1) is 8.65. The van der Waals surface area contributed by atoms with Gasteiger partial charge in [-0.25, -0.2) is 4.68 Å². The van der Waals surface area contributed by atoms with E-state index in [2.05, 4.69) is 33.3 Å². The van der Waals surface area contributed by atoms with E-state index in [1.807, 2.05) is 0 Å². The first-order valence-corrected chi connectivity index (χ1v) is 7.17. The number of rotatable bonds is 6. The van der Waals surface area contributed by atoms with Crippen LogP contribution in [-0.2, 0) is 6.54 Å². The highest BCUT2D eigenvalue weighted by Gasteiger charge is 2.23. The third kappa shape index (κ3) is 3.11. The van der Waals surface area contributed by atoms with Gasteiger partial charge in [0.25, 0.3) is 5.56 Å². The fourth-order valence-electron chi connectivity index (χ4n) is 1.79. The second kappa shape index (κ2) is 5.84. The lowest BCUT2D eigenvalue weighted by atomic mass is 10.2. The summed E-state index contributed by atoms with van der Waals surface area (Å²) in [5.41, 5.74) is 6.30. The molecule has 0 radical (unpaired) electrons. The Kier molecular flexibility index (Phi) is 4.40. The minimum Gasteiger partial charge on any atom is -0.379 e. The molecule has 0 aromatic carbocycles. The summed E-state index contributed by atoms with van der Waals surface area (Å²) in [6, 6.07) is 0.168. The molecule has 100 valence electrons. The summed E-state index contributed by atoms with van der Waals surface area (Å²) >= 11 is 3.35. The molecule has 6 heteroatoms. The van der Waals surface area contributed by atoms with Crippen molar-refractivity contribution < 1.29 is 0 Å². The van der Waals surface area contributed by atoms with Crippen molar-refractivity contribution in [3.63, 3.8) is 0 Å². The fraction of sp³-hybridized carbons (Fsp3) is 0.667. The summed E-state index contributed by atoms with van der Waals surface area (Å²) in [7, 11) is 0. The molecule has 0 spiro atoms. The Morgan fingerprint density at radius 1 is 1.67 bits per heavy atom. The predicted molar refractivity (Wildman–Crippen MR) is 75.7 cm³/mol. The maximum Gasteiger partial charge on any atom is 0.283 e. The lowest BCUT2D eigenvalue weighted by Crippen LogP contribution is -2.31. The number of nitrogens with one attached hydrogen (secondary N) is 1. The number of halogens is 1. The summed E-state index contributed by atoms with van der Waals surface area (Å²) in [4.78, 5) is 12.1. The fourth-order valence-corrected chi connectivity index (χ4v) is 2.21. The zero-order valence-corrected chi connectivity index (χ0v) is 12.1. The van der Waals surface area contributed by atoms with Crippen molar-refractivity contribution in [2.45, 2.75) is 38.8 Å². The quantitative estimate of drug-likeness (QED) is 0.836. The summed E-state index contributed by atoms with van der Waals surface area (Å²) in [5, 5.41) is 7.45. The molecule has 0 aliphatic heterocycles. The van der Waals surface area contributed by atoms with Crippen LogP contribution in [0.1, 0.15) is 26.2 Å². The van der Waals surface area contributed by atoms with Crippen molar-refractivity contribution in [2.75, 3.05) is 11.9 Å². The molecule has 1 aliphatic rings. The molecular weight excluding hydrogens is 296 g/mol. The molecule has 18 heavy (non-hydrogen) atoms. The van der Waals surface area contributed by atoms with Gasteiger partial charge < -0.3 is 11.1 Å². The topological polar surface area (TPSA) is 72.9 Å². The van der Waals surface area contributed by atoms with Crippen LogP contribution in [0.2, 0.25) is 0 Å². The molecule has 0 saturated heterocycles. The van der Waals surface area contributed by atoms with Crippen molar-refractivity contribution >= 4 is 21.6 Å². The van der Waals surface area contributed by atoms with Gasteiger partial charge in [-0.3, -0.25) is 4.79 Å². The molecule has 1 atom stereocenters. The molecule has 2 rings (SSSR count). The summed E-state index contributed by atoms with van der Waals surface area (Å²) < 4.78 is 2.08. The normalized spacial score (nSPS) is 16.6. The molecule has 0 bridgehead atoms. The predicted octanol–water partition coefficient (Wildman–Crippen LogP) is 1.56. The second-order valence-corrected chi connectivity index (χ2v) is 5.58. The molecule has 3 N–H and O–H groups in total. The Labute approximate surface area is 115 Å². The van der Waals surface area contributed by atoms with Crippen LogP contribution in [0.5, 0.6) is 0 Å². The van der Waals surface area contributed by atoms with E-state index in [4.69, 9.17) is 5.73 Å². The number of aromatic nitrogens is 2. The van der Waals surface area contributed by atoms with Crippen LogP contribution in [0.4, 0.5) is 5.69 Å². The minimum absolute atomic E-state index is 0.0706. The van der Waals surface area contributed by atoms with Gasteiger partial charge in [-0.1, -0.05) is 6.92 Å². The summed E-state index contributed by atoms with van der Waals surface area (Å²) in [6.45, 7) is 3.32. The Morgan fingerprint density at radius 2 is 2.39 bits per heavy atom. The van der Waals surface area contributed by atoms with Crippen LogP contribution in [0.25, 0.3) is 0 Å². The van der Waals surface area contributed by atoms with E-state index >= 15 is 0 Å². The Balaban J connectivity index is 2.17. The van der Waals surface area contributed by atoms with Crippen LogP contribution in [-0.4, -0.2) is 22.4 Å². The molecule has 1 fully saturated rings. The van der Waals surface area contributed by atoms with E-state index in [0.717, 1.165) is 18.7 Å². The zero-order chi connectivity index (χ0) is 13.1. The lowest BCUT2D eigenvalue weighted by Gasteiger charge is -2.17. The molecule has 1 heterocycles. The first-order valence-electron chi connectivity index (χ1n) is 6.38. The van der Waals surface area contributed by atoms with E-state index in [1.165, 1.54) is 17.5 Å². The van der Waals surface area contributed by atoms with Crippen LogP contribution >= 0.6 is 15.9 Å². The van der Waals surface area contributed by atoms with Gasteiger partial charge in [0.05, 0.1) is 11.9 Å². The van der Waals surface area contributed by atoms with E-state index in [9.17, 15) is 4.79 Å². The van der Waals surface area contributed by atoms with Gasteiger partial charge in [-0.2, -0.15) is 5.10 Å². The maximum atomic E-state index is 12.1. The molecule has 1 unspecified atom stereocenters. The Hall–Kier alpha value is -0.880. The van der Waals surface area contributed by atoms with Crippen LogP contribution in [0, 0.1) is 5.92 Å². The molecule has 1 saturated carbocycles. The largest absolute Gasteiger partial charge is 0.379 e. The van der Waals surface area contributed by atoms with Gasteiger partial charge in [-0.15, -0.1) is 0 Å². The molecule has 1 aromatic heterocycles. The van der Waals surface area contributed by atoms with Crippen molar-refractivity contribution in [3.8, 4) is 0 Å². The van der Waals surface area contributed by atoms with Crippen LogP contribution < -0.4 is 16.6 Å². The monoisotopic (exact) mass is 314 g/mol. The van der Waals surface area contributed by atoms with Gasteiger partial charge >= 0.3 is 0 Å². The van der Waals surface area contributed by atoms with E-state index in [1.54, 1.807) is 6.20 Å². The van der Waals surface area contributed by atoms with Gasteiger partial charge in [0.2, 0.25) is 0 Å². The van der Waals surface area contributed by atoms with E-state index in [-0.39, 0.29) is 11.6 Å². The van der Waals surface area contributed by atoms with Gasteiger partial charge in [-0.05, 0) is 41.1 Å². The SMILES string of the molecule is CCC(CN)Nc1cnn(CC2CC2)c(=O)c1Br. The van der Waals surface area contributed by atoms with Crippen molar-refractivity contribution in [2.24, 2.45) is 11.7 Å². The summed E-state index contributed by atoms with van der Waals surface area (Å²) in [5.74, 6) is 0.633. The standard InChI is InChI=1S/C12H19BrN4O/c1-2-9(5-14)16-10-6-15-17(7-8-3-4-8)12(18)11(10)13/h6,8-9,16H,2-5,7,14H2,1H3. The number of nitrogens with zero attached hydrogens (tertiary/aromatic N) is 2. The molecule has 5 nitrogen and oxygen atoms in total. The van der Waals surface area contributed by atoms with Crippen molar-refractivity contribution in [1.82, 2.24) is 9.78 Å². The van der Waals surface area contributed by atoms with E-state index < -0.39 is 0 Å². The van der Waals surface area contributed by atoms with Gasteiger partial charge in [0, 0.05) is 19.1 Å².